The molecule has 2 aromatic carbocycles. The minimum Gasteiger partial charge on any atom is -0.314 e. The second-order valence-electron chi connectivity index (χ2n) is 6.18. The minimum atomic E-state index is -0.358. The lowest BCUT2D eigenvalue weighted by atomic mass is 9.91. The van der Waals surface area contributed by atoms with Gasteiger partial charge < -0.3 is 10.3 Å². The topological polar surface area (TPSA) is 70.4 Å². The Hall–Kier alpha value is -2.41. The summed E-state index contributed by atoms with van der Waals surface area (Å²) in [5.41, 5.74) is 8.50. The second kappa shape index (κ2) is 6.15. The predicted molar refractivity (Wildman–Crippen MR) is 97.1 cm³/mol. The molecular formula is C18H17ClN4O2. The minimum absolute atomic E-state index is 0.0842. The van der Waals surface area contributed by atoms with Crippen LogP contribution in [0.4, 0.5) is 5.69 Å². The van der Waals surface area contributed by atoms with Gasteiger partial charge in [0.2, 0.25) is 0 Å². The van der Waals surface area contributed by atoms with E-state index in [-0.39, 0.29) is 16.7 Å². The van der Waals surface area contributed by atoms with Crippen LogP contribution in [0.3, 0.4) is 0 Å². The summed E-state index contributed by atoms with van der Waals surface area (Å²) in [5.74, 6) is 0. The number of hydrogen-bond acceptors (Lipinski definition) is 5. The summed E-state index contributed by atoms with van der Waals surface area (Å²) in [6.45, 7) is 1.35. The lowest BCUT2D eigenvalue weighted by Crippen LogP contribution is -2.33. The highest BCUT2D eigenvalue weighted by Gasteiger charge is 2.31. The lowest BCUT2D eigenvalue weighted by molar-refractivity contribution is -0.384. The van der Waals surface area contributed by atoms with Gasteiger partial charge in [-0.3, -0.25) is 10.1 Å². The van der Waals surface area contributed by atoms with E-state index < -0.39 is 0 Å². The van der Waals surface area contributed by atoms with Crippen molar-refractivity contribution in [2.45, 2.75) is 6.04 Å². The molecule has 2 aliphatic rings. The van der Waals surface area contributed by atoms with Crippen LogP contribution in [0.15, 0.2) is 48.2 Å². The number of halogens is 1. The predicted octanol–water partition coefficient (Wildman–Crippen LogP) is 3.10. The van der Waals surface area contributed by atoms with Gasteiger partial charge in [0.1, 0.15) is 0 Å². The normalized spacial score (nSPS) is 19.4. The summed E-state index contributed by atoms with van der Waals surface area (Å²) in [6, 6.07) is 12.5. The molecule has 0 spiro atoms. The summed E-state index contributed by atoms with van der Waals surface area (Å²) in [4.78, 5) is 10.9. The number of non-ortho nitro benzene ring substituents is 1. The van der Waals surface area contributed by atoms with Crippen LogP contribution in [0.2, 0.25) is 5.02 Å². The van der Waals surface area contributed by atoms with Gasteiger partial charge in [-0.1, -0.05) is 29.8 Å². The van der Waals surface area contributed by atoms with Crippen molar-refractivity contribution in [1.82, 2.24) is 15.8 Å². The van der Waals surface area contributed by atoms with E-state index in [1.54, 1.807) is 12.1 Å². The maximum atomic E-state index is 11.3. The molecule has 2 aromatic rings. The standard InChI is InChI=1S/C18H17ClN4O2/c1-22-17-10-20-18(13-4-2-3-5-16(13)19)14-8-11(23(24)25)6-7-12(14)15(17)9-21-22/h2-8,18,20-21H,9-10H2,1H3. The van der Waals surface area contributed by atoms with Crippen molar-refractivity contribution >= 4 is 22.9 Å². The van der Waals surface area contributed by atoms with Crippen LogP contribution in [0.1, 0.15) is 22.7 Å². The van der Waals surface area contributed by atoms with E-state index in [0.717, 1.165) is 28.0 Å². The van der Waals surface area contributed by atoms with E-state index in [1.165, 1.54) is 0 Å². The number of rotatable bonds is 2. The van der Waals surface area contributed by atoms with Crippen LogP contribution in [0, 0.1) is 10.1 Å². The smallest absolute Gasteiger partial charge is 0.269 e. The molecular weight excluding hydrogens is 340 g/mol. The van der Waals surface area contributed by atoms with Gasteiger partial charge in [-0.2, -0.15) is 0 Å². The summed E-state index contributed by atoms with van der Waals surface area (Å²) in [6.07, 6.45) is 0. The molecule has 0 saturated carbocycles. The summed E-state index contributed by atoms with van der Waals surface area (Å²) >= 11 is 6.42. The molecule has 2 heterocycles. The van der Waals surface area contributed by atoms with Crippen LogP contribution in [0.5, 0.6) is 0 Å². The van der Waals surface area contributed by atoms with Crippen molar-refractivity contribution < 1.29 is 4.92 Å². The highest BCUT2D eigenvalue weighted by molar-refractivity contribution is 6.31. The van der Waals surface area contributed by atoms with Gasteiger partial charge in [0, 0.05) is 43.0 Å². The Morgan fingerprint density at radius 1 is 1.20 bits per heavy atom. The first-order chi connectivity index (χ1) is 12.1. The van der Waals surface area contributed by atoms with E-state index >= 15 is 0 Å². The van der Waals surface area contributed by atoms with Gasteiger partial charge in [-0.25, -0.2) is 5.43 Å². The third-order valence-corrected chi connectivity index (χ3v) is 5.16. The first-order valence-electron chi connectivity index (χ1n) is 8.02. The summed E-state index contributed by atoms with van der Waals surface area (Å²) in [7, 11) is 1.98. The van der Waals surface area contributed by atoms with Crippen LogP contribution in [0.25, 0.3) is 5.57 Å². The maximum absolute atomic E-state index is 11.3. The largest absolute Gasteiger partial charge is 0.314 e. The van der Waals surface area contributed by atoms with E-state index in [0.29, 0.717) is 18.1 Å². The third-order valence-electron chi connectivity index (χ3n) is 4.82. The van der Waals surface area contributed by atoms with Crippen molar-refractivity contribution in [2.75, 3.05) is 20.1 Å². The Morgan fingerprint density at radius 2 is 2.00 bits per heavy atom. The lowest BCUT2D eigenvalue weighted by Gasteiger charge is -2.23. The van der Waals surface area contributed by atoms with Crippen LogP contribution in [-0.4, -0.2) is 30.1 Å². The van der Waals surface area contributed by atoms with E-state index in [2.05, 4.69) is 10.7 Å². The van der Waals surface area contributed by atoms with Crippen molar-refractivity contribution in [2.24, 2.45) is 0 Å². The Bertz CT molecular complexity index is 896. The Balaban J connectivity index is 1.92. The average molecular weight is 357 g/mol. The summed E-state index contributed by atoms with van der Waals surface area (Å²) in [5, 5.41) is 17.5. The fraction of sp³-hybridized carbons (Fsp3) is 0.222. The molecule has 0 radical (unpaired) electrons. The first-order valence-corrected chi connectivity index (χ1v) is 8.40. The number of nitrogens with zero attached hydrogens (tertiary/aromatic N) is 2. The molecule has 4 rings (SSSR count). The number of nitro benzene ring substituents is 1. The zero-order chi connectivity index (χ0) is 17.6. The molecule has 1 unspecified atom stereocenters. The van der Waals surface area contributed by atoms with Crippen LogP contribution in [-0.2, 0) is 0 Å². The number of fused-ring (bicyclic) bond motifs is 2. The molecule has 128 valence electrons. The van der Waals surface area contributed by atoms with Crippen molar-refractivity contribution in [3.63, 3.8) is 0 Å². The molecule has 25 heavy (non-hydrogen) atoms. The molecule has 0 aromatic heterocycles. The Kier molecular flexibility index (Phi) is 3.95. The van der Waals surface area contributed by atoms with Crippen molar-refractivity contribution in [3.8, 4) is 0 Å². The molecule has 0 saturated heterocycles. The number of hydrogen-bond donors (Lipinski definition) is 2. The number of benzene rings is 2. The molecule has 2 aliphatic heterocycles. The number of hydrazine groups is 1. The quantitative estimate of drug-likeness (QED) is 0.639. The molecule has 0 fully saturated rings. The van der Waals surface area contributed by atoms with E-state index in [4.69, 9.17) is 11.6 Å². The van der Waals surface area contributed by atoms with Gasteiger partial charge in [-0.05, 0) is 34.4 Å². The fourth-order valence-corrected chi connectivity index (χ4v) is 3.79. The fourth-order valence-electron chi connectivity index (χ4n) is 3.55. The molecule has 7 heteroatoms. The monoisotopic (exact) mass is 356 g/mol. The highest BCUT2D eigenvalue weighted by Crippen LogP contribution is 2.39. The second-order valence-corrected chi connectivity index (χ2v) is 6.59. The van der Waals surface area contributed by atoms with E-state index in [9.17, 15) is 10.1 Å². The zero-order valence-corrected chi connectivity index (χ0v) is 14.4. The van der Waals surface area contributed by atoms with Crippen LogP contribution < -0.4 is 10.7 Å². The van der Waals surface area contributed by atoms with Gasteiger partial charge in [-0.15, -0.1) is 0 Å². The molecule has 0 bridgehead atoms. The van der Waals surface area contributed by atoms with Crippen LogP contribution >= 0.6 is 11.6 Å². The average Bonchev–Trinajstić information content (AvgIpc) is 2.88. The number of nitro groups is 1. The first kappa shape index (κ1) is 16.1. The van der Waals surface area contributed by atoms with Gasteiger partial charge in [0.15, 0.2) is 0 Å². The third kappa shape index (κ3) is 2.68. The molecule has 0 amide bonds. The number of nitrogens with one attached hydrogen (secondary N) is 2. The van der Waals surface area contributed by atoms with Crippen molar-refractivity contribution in [1.29, 1.82) is 0 Å². The Morgan fingerprint density at radius 3 is 2.76 bits per heavy atom. The van der Waals surface area contributed by atoms with Gasteiger partial charge in [0.25, 0.3) is 5.69 Å². The Labute approximate surface area is 150 Å². The number of likely N-dealkylation sites (N-methyl/N-ethyl adjacent to an activating group) is 1. The SMILES string of the molecule is CN1NCC2=C1CNC(c1ccccc1Cl)c1cc([N+](=O)[O-])ccc12. The zero-order valence-electron chi connectivity index (χ0n) is 13.6. The highest BCUT2D eigenvalue weighted by atomic mass is 35.5. The summed E-state index contributed by atoms with van der Waals surface area (Å²) < 4.78 is 0. The molecule has 2 N–H and O–H groups in total. The molecule has 1 atom stereocenters. The maximum Gasteiger partial charge on any atom is 0.269 e. The van der Waals surface area contributed by atoms with Crippen molar-refractivity contribution in [3.05, 3.63) is 80.0 Å². The van der Waals surface area contributed by atoms with Gasteiger partial charge >= 0.3 is 0 Å². The molecule has 0 aliphatic carbocycles. The molecule has 6 nitrogen and oxygen atoms in total. The van der Waals surface area contributed by atoms with E-state index in [1.807, 2.05) is 42.4 Å². The van der Waals surface area contributed by atoms with Gasteiger partial charge in [0.05, 0.1) is 11.0 Å².